The Morgan fingerprint density at radius 1 is 1.29 bits per heavy atom. The summed E-state index contributed by atoms with van der Waals surface area (Å²) in [6, 6.07) is 1.76. The Labute approximate surface area is 124 Å². The summed E-state index contributed by atoms with van der Waals surface area (Å²) in [5, 5.41) is 4.15. The van der Waals surface area contributed by atoms with Gasteiger partial charge in [0.05, 0.1) is 10.3 Å². The fraction of sp³-hybridized carbons (Fsp3) is 0.538. The molecule has 0 radical (unpaired) electrons. The summed E-state index contributed by atoms with van der Waals surface area (Å²) in [5.74, 6) is 0. The van der Waals surface area contributed by atoms with Crippen molar-refractivity contribution in [3.05, 3.63) is 17.8 Å². The van der Waals surface area contributed by atoms with Gasteiger partial charge in [-0.05, 0) is 19.9 Å². The predicted octanol–water partition coefficient (Wildman–Crippen LogP) is 2.90. The zero-order valence-electron chi connectivity index (χ0n) is 11.6. The number of aromatic nitrogens is 2. The summed E-state index contributed by atoms with van der Waals surface area (Å²) in [5.41, 5.74) is -0.353. The summed E-state index contributed by atoms with van der Waals surface area (Å²) >= 11 is 1.26. The third-order valence-corrected chi connectivity index (χ3v) is 4.44. The van der Waals surface area contributed by atoms with Gasteiger partial charge in [-0.15, -0.1) is 0 Å². The van der Waals surface area contributed by atoms with E-state index in [0.717, 1.165) is 30.5 Å². The summed E-state index contributed by atoms with van der Waals surface area (Å²) in [6.07, 6.45) is -3.53. The van der Waals surface area contributed by atoms with Crippen molar-refractivity contribution in [2.75, 3.05) is 18.0 Å². The highest BCUT2D eigenvalue weighted by Crippen LogP contribution is 2.34. The number of hydrogen-bond donors (Lipinski definition) is 1. The molecular formula is C13H15F3N4S. The first-order valence-corrected chi connectivity index (χ1v) is 7.49. The van der Waals surface area contributed by atoms with Crippen molar-refractivity contribution < 1.29 is 13.2 Å². The number of nitrogens with zero attached hydrogens (tertiary/aromatic N) is 3. The van der Waals surface area contributed by atoms with Gasteiger partial charge >= 0.3 is 6.18 Å². The Morgan fingerprint density at radius 2 is 1.95 bits per heavy atom. The molecule has 2 atom stereocenters. The molecule has 1 aliphatic heterocycles. The standard InChI is InChI=1S/C13H15F3N4S/c1-7-5-20(6-8(2)18-7)12-19-11-10(21-12)3-9(4-17-11)13(14,15)16/h3-4,7-8,18H,5-6H2,1-2H3/t7-,8-/m1/s1. The molecule has 8 heteroatoms. The van der Waals surface area contributed by atoms with Crippen LogP contribution in [0.25, 0.3) is 10.3 Å². The lowest BCUT2D eigenvalue weighted by atomic mass is 10.2. The minimum atomic E-state index is -4.37. The second kappa shape index (κ2) is 5.10. The van der Waals surface area contributed by atoms with E-state index in [2.05, 4.69) is 34.0 Å². The minimum Gasteiger partial charge on any atom is -0.345 e. The number of pyridine rings is 1. The average Bonchev–Trinajstić information content (AvgIpc) is 2.79. The van der Waals surface area contributed by atoms with E-state index in [1.165, 1.54) is 11.3 Å². The van der Waals surface area contributed by atoms with Crippen LogP contribution < -0.4 is 10.2 Å². The Morgan fingerprint density at radius 3 is 2.57 bits per heavy atom. The number of anilines is 1. The van der Waals surface area contributed by atoms with Crippen LogP contribution in [-0.4, -0.2) is 35.1 Å². The Hall–Kier alpha value is -1.41. The van der Waals surface area contributed by atoms with Crippen molar-refractivity contribution >= 4 is 26.8 Å². The first-order valence-electron chi connectivity index (χ1n) is 6.67. The molecule has 0 aromatic carbocycles. The van der Waals surface area contributed by atoms with Crippen molar-refractivity contribution in [2.45, 2.75) is 32.1 Å². The molecule has 2 aromatic heterocycles. The van der Waals surface area contributed by atoms with Gasteiger partial charge in [0.1, 0.15) is 0 Å². The molecule has 0 aliphatic carbocycles. The van der Waals surface area contributed by atoms with Crippen molar-refractivity contribution in [1.29, 1.82) is 0 Å². The van der Waals surface area contributed by atoms with E-state index in [0.29, 0.717) is 22.4 Å². The lowest BCUT2D eigenvalue weighted by Gasteiger charge is -2.35. The summed E-state index contributed by atoms with van der Waals surface area (Å²) in [4.78, 5) is 10.3. The van der Waals surface area contributed by atoms with Gasteiger partial charge in [0.15, 0.2) is 10.8 Å². The fourth-order valence-corrected chi connectivity index (χ4v) is 3.56. The van der Waals surface area contributed by atoms with Crippen LogP contribution >= 0.6 is 11.3 Å². The van der Waals surface area contributed by atoms with E-state index < -0.39 is 11.7 Å². The van der Waals surface area contributed by atoms with Crippen LogP contribution in [0.1, 0.15) is 19.4 Å². The number of thiazole rings is 1. The van der Waals surface area contributed by atoms with E-state index in [4.69, 9.17) is 0 Å². The first kappa shape index (κ1) is 14.5. The molecule has 4 nitrogen and oxygen atoms in total. The number of hydrogen-bond acceptors (Lipinski definition) is 5. The normalized spacial score (nSPS) is 23.8. The Bertz CT molecular complexity index is 644. The smallest absolute Gasteiger partial charge is 0.345 e. The lowest BCUT2D eigenvalue weighted by molar-refractivity contribution is -0.137. The molecule has 1 aliphatic rings. The van der Waals surface area contributed by atoms with Gasteiger partial charge in [0.25, 0.3) is 0 Å². The zero-order chi connectivity index (χ0) is 15.2. The van der Waals surface area contributed by atoms with E-state index in [1.807, 2.05) is 0 Å². The second-order valence-corrected chi connectivity index (χ2v) is 6.42. The molecule has 0 spiro atoms. The maximum absolute atomic E-state index is 12.7. The molecule has 0 saturated carbocycles. The third kappa shape index (κ3) is 2.96. The van der Waals surface area contributed by atoms with Crippen LogP contribution in [0.15, 0.2) is 12.3 Å². The molecule has 1 saturated heterocycles. The molecule has 0 amide bonds. The number of alkyl halides is 3. The van der Waals surface area contributed by atoms with Gasteiger partial charge in [0.2, 0.25) is 0 Å². The van der Waals surface area contributed by atoms with E-state index in [9.17, 15) is 13.2 Å². The molecule has 114 valence electrons. The molecule has 3 heterocycles. The molecule has 0 bridgehead atoms. The van der Waals surface area contributed by atoms with E-state index >= 15 is 0 Å². The Balaban J connectivity index is 1.94. The number of rotatable bonds is 1. The largest absolute Gasteiger partial charge is 0.417 e. The second-order valence-electron chi connectivity index (χ2n) is 5.41. The van der Waals surface area contributed by atoms with Crippen LogP contribution in [0.3, 0.4) is 0 Å². The van der Waals surface area contributed by atoms with Crippen molar-refractivity contribution in [2.24, 2.45) is 0 Å². The molecule has 1 N–H and O–H groups in total. The topological polar surface area (TPSA) is 41.1 Å². The average molecular weight is 316 g/mol. The predicted molar refractivity (Wildman–Crippen MR) is 76.7 cm³/mol. The number of halogens is 3. The van der Waals surface area contributed by atoms with Crippen LogP contribution in [0, 0.1) is 0 Å². The van der Waals surface area contributed by atoms with E-state index in [1.54, 1.807) is 0 Å². The number of fused-ring (bicyclic) bond motifs is 1. The molecule has 21 heavy (non-hydrogen) atoms. The SMILES string of the molecule is C[C@@H]1CN(c2nc3ncc(C(F)(F)F)cc3s2)C[C@@H](C)N1. The molecular weight excluding hydrogens is 301 g/mol. The van der Waals surface area contributed by atoms with Crippen molar-refractivity contribution in [3.8, 4) is 0 Å². The van der Waals surface area contributed by atoms with Gasteiger partial charge in [-0.3, -0.25) is 0 Å². The molecule has 1 fully saturated rings. The fourth-order valence-electron chi connectivity index (χ4n) is 2.58. The third-order valence-electron chi connectivity index (χ3n) is 3.39. The van der Waals surface area contributed by atoms with Crippen LogP contribution in [0.5, 0.6) is 0 Å². The van der Waals surface area contributed by atoms with Crippen molar-refractivity contribution in [1.82, 2.24) is 15.3 Å². The highest BCUT2D eigenvalue weighted by atomic mass is 32.1. The number of piperazine rings is 1. The van der Waals surface area contributed by atoms with Gasteiger partial charge in [-0.25, -0.2) is 4.98 Å². The molecule has 2 aromatic rings. The van der Waals surface area contributed by atoms with Gasteiger partial charge in [0, 0.05) is 31.4 Å². The molecule has 0 unspecified atom stereocenters. The zero-order valence-corrected chi connectivity index (χ0v) is 12.4. The quantitative estimate of drug-likeness (QED) is 0.878. The minimum absolute atomic E-state index is 0.319. The highest BCUT2D eigenvalue weighted by Gasteiger charge is 2.32. The van der Waals surface area contributed by atoms with E-state index in [-0.39, 0.29) is 0 Å². The van der Waals surface area contributed by atoms with Crippen LogP contribution in [0.4, 0.5) is 18.3 Å². The number of nitrogens with one attached hydrogen (secondary N) is 1. The molecule has 3 rings (SSSR count). The van der Waals surface area contributed by atoms with Gasteiger partial charge in [-0.2, -0.15) is 18.2 Å². The first-order chi connectivity index (χ1) is 9.83. The summed E-state index contributed by atoms with van der Waals surface area (Å²) in [6.45, 7) is 5.73. The summed E-state index contributed by atoms with van der Waals surface area (Å²) < 4.78 is 38.6. The van der Waals surface area contributed by atoms with Gasteiger partial charge in [-0.1, -0.05) is 11.3 Å². The van der Waals surface area contributed by atoms with Crippen LogP contribution in [0.2, 0.25) is 0 Å². The highest BCUT2D eigenvalue weighted by molar-refractivity contribution is 7.22. The van der Waals surface area contributed by atoms with Crippen LogP contribution in [-0.2, 0) is 6.18 Å². The maximum atomic E-state index is 12.7. The van der Waals surface area contributed by atoms with Gasteiger partial charge < -0.3 is 10.2 Å². The van der Waals surface area contributed by atoms with Crippen molar-refractivity contribution in [3.63, 3.8) is 0 Å². The lowest BCUT2D eigenvalue weighted by Crippen LogP contribution is -2.54. The monoisotopic (exact) mass is 316 g/mol. The summed E-state index contributed by atoms with van der Waals surface area (Å²) in [7, 11) is 0. The maximum Gasteiger partial charge on any atom is 0.417 e. The Kier molecular flexibility index (Phi) is 3.53.